The van der Waals surface area contributed by atoms with Crippen LogP contribution in [0.25, 0.3) is 22.6 Å². The zero-order chi connectivity index (χ0) is 20.5. The molecule has 2 aromatic carbocycles. The summed E-state index contributed by atoms with van der Waals surface area (Å²) in [6, 6.07) is 22.7. The van der Waals surface area contributed by atoms with E-state index in [1.807, 2.05) is 31.2 Å². The lowest BCUT2D eigenvalue weighted by Crippen LogP contribution is -2.23. The molecule has 0 saturated heterocycles. The van der Waals surface area contributed by atoms with Gasteiger partial charge in [-0.15, -0.1) is 0 Å². The molecule has 148 valence electrons. The van der Waals surface area contributed by atoms with E-state index in [-0.39, 0.29) is 17.6 Å². The molecule has 0 saturated carbocycles. The topological polar surface area (TPSA) is 56.0 Å². The number of carbonyl (C=O) groups excluding carboxylic acids is 1. The van der Waals surface area contributed by atoms with E-state index in [4.69, 9.17) is 4.42 Å². The van der Waals surface area contributed by atoms with Crippen molar-refractivity contribution in [2.75, 3.05) is 0 Å². The Kier molecular flexibility index (Phi) is 4.75. The van der Waals surface area contributed by atoms with E-state index in [9.17, 15) is 4.79 Å². The molecule has 2 aromatic heterocycles. The fraction of sp³-hybridized carbons (Fsp3) is 0.192. The molecule has 0 N–H and O–H groups in total. The summed E-state index contributed by atoms with van der Waals surface area (Å²) in [5.41, 5.74) is 6.61. The van der Waals surface area contributed by atoms with Gasteiger partial charge in [0.1, 0.15) is 5.69 Å². The summed E-state index contributed by atoms with van der Waals surface area (Å²) in [6.45, 7) is 1.93. The van der Waals surface area contributed by atoms with Gasteiger partial charge in [0.25, 0.3) is 5.89 Å². The highest BCUT2D eigenvalue weighted by molar-refractivity contribution is 5.94. The first-order valence-corrected chi connectivity index (χ1v) is 10.3. The van der Waals surface area contributed by atoms with Crippen molar-refractivity contribution < 1.29 is 9.21 Å². The second-order valence-electron chi connectivity index (χ2n) is 7.85. The van der Waals surface area contributed by atoms with Crippen LogP contribution >= 0.6 is 0 Å². The molecule has 1 aliphatic rings. The number of nitrogens with zero attached hydrogens (tertiary/aromatic N) is 2. The zero-order valence-electron chi connectivity index (χ0n) is 16.8. The van der Waals surface area contributed by atoms with Gasteiger partial charge in [-0.25, -0.2) is 9.97 Å². The molecule has 0 fully saturated rings. The first-order chi connectivity index (χ1) is 14.7. The maximum absolute atomic E-state index is 13.0. The van der Waals surface area contributed by atoms with Crippen LogP contribution in [0.15, 0.2) is 77.3 Å². The minimum absolute atomic E-state index is 0.0216. The number of benzene rings is 2. The summed E-state index contributed by atoms with van der Waals surface area (Å²) >= 11 is 0. The van der Waals surface area contributed by atoms with Crippen LogP contribution in [-0.2, 0) is 12.8 Å². The summed E-state index contributed by atoms with van der Waals surface area (Å²) < 4.78 is 5.78. The lowest BCUT2D eigenvalue weighted by molar-refractivity contribution is 0.0873. The van der Waals surface area contributed by atoms with Gasteiger partial charge >= 0.3 is 0 Å². The minimum atomic E-state index is -0.1000. The summed E-state index contributed by atoms with van der Waals surface area (Å²) in [5, 5.41) is 0. The van der Waals surface area contributed by atoms with Gasteiger partial charge < -0.3 is 4.42 Å². The molecule has 0 radical (unpaired) electrons. The standard InChI is InChI=1S/C26H22N2O2/c1-17-6-5-9-23(28-17)24-16-27-26(30-24)25(29)22-13-12-20-14-19(10-11-21(20)15-22)18-7-3-2-4-8-18/h2-11,14,16,22H,12-13,15H2,1H3. The van der Waals surface area contributed by atoms with Crippen LogP contribution in [0.2, 0.25) is 0 Å². The minimum Gasteiger partial charge on any atom is -0.432 e. The van der Waals surface area contributed by atoms with Crippen LogP contribution in [0.1, 0.15) is 33.9 Å². The van der Waals surface area contributed by atoms with E-state index in [0.29, 0.717) is 11.5 Å². The molecule has 0 bridgehead atoms. The lowest BCUT2D eigenvalue weighted by Gasteiger charge is -2.23. The van der Waals surface area contributed by atoms with Crippen LogP contribution in [0.3, 0.4) is 0 Å². The average Bonchev–Trinajstić information content (AvgIpc) is 3.29. The third-order valence-electron chi connectivity index (χ3n) is 5.77. The Balaban J connectivity index is 1.34. The molecule has 4 aromatic rings. The zero-order valence-corrected chi connectivity index (χ0v) is 16.8. The second kappa shape index (κ2) is 7.71. The molecule has 1 unspecified atom stereocenters. The van der Waals surface area contributed by atoms with E-state index in [1.165, 1.54) is 22.3 Å². The average molecular weight is 394 g/mol. The Morgan fingerprint density at radius 3 is 2.67 bits per heavy atom. The van der Waals surface area contributed by atoms with Gasteiger partial charge in [-0.3, -0.25) is 4.79 Å². The number of pyridine rings is 1. The molecular formula is C26H22N2O2. The number of carbonyl (C=O) groups is 1. The third-order valence-corrected chi connectivity index (χ3v) is 5.77. The maximum Gasteiger partial charge on any atom is 0.264 e. The van der Waals surface area contributed by atoms with Crippen LogP contribution in [-0.4, -0.2) is 15.8 Å². The number of rotatable bonds is 4. The smallest absolute Gasteiger partial charge is 0.264 e. The maximum atomic E-state index is 13.0. The second-order valence-corrected chi connectivity index (χ2v) is 7.85. The highest BCUT2D eigenvalue weighted by Crippen LogP contribution is 2.32. The van der Waals surface area contributed by atoms with Gasteiger partial charge in [-0.2, -0.15) is 0 Å². The Morgan fingerprint density at radius 2 is 1.83 bits per heavy atom. The molecule has 1 atom stereocenters. The summed E-state index contributed by atoms with van der Waals surface area (Å²) in [6.07, 6.45) is 4.02. The molecule has 0 aliphatic heterocycles. The molecule has 1 aliphatic carbocycles. The first-order valence-electron chi connectivity index (χ1n) is 10.3. The molecule has 0 amide bonds. The summed E-state index contributed by atoms with van der Waals surface area (Å²) in [5.74, 6) is 0.595. The van der Waals surface area contributed by atoms with E-state index in [2.05, 4.69) is 52.4 Å². The van der Waals surface area contributed by atoms with Gasteiger partial charge in [-0.05, 0) is 60.6 Å². The normalized spacial score (nSPS) is 15.6. The van der Waals surface area contributed by atoms with Gasteiger partial charge in [0.2, 0.25) is 5.78 Å². The van der Waals surface area contributed by atoms with Crippen molar-refractivity contribution >= 4 is 5.78 Å². The van der Waals surface area contributed by atoms with Crippen molar-refractivity contribution in [1.29, 1.82) is 0 Å². The molecule has 0 spiro atoms. The van der Waals surface area contributed by atoms with Crippen LogP contribution in [0.5, 0.6) is 0 Å². The van der Waals surface area contributed by atoms with Crippen molar-refractivity contribution in [2.24, 2.45) is 5.92 Å². The number of Topliss-reactive ketones (excluding diaryl/α,β-unsaturated/α-hetero) is 1. The monoisotopic (exact) mass is 394 g/mol. The quantitative estimate of drug-likeness (QED) is 0.417. The Labute approximate surface area is 175 Å². The predicted molar refractivity (Wildman–Crippen MR) is 116 cm³/mol. The van der Waals surface area contributed by atoms with Crippen LogP contribution < -0.4 is 0 Å². The van der Waals surface area contributed by atoms with Crippen LogP contribution in [0, 0.1) is 12.8 Å². The fourth-order valence-electron chi connectivity index (χ4n) is 4.15. The van der Waals surface area contributed by atoms with Crippen LogP contribution in [0.4, 0.5) is 0 Å². The number of aromatic nitrogens is 2. The Morgan fingerprint density at radius 1 is 0.967 bits per heavy atom. The molecule has 30 heavy (non-hydrogen) atoms. The van der Waals surface area contributed by atoms with Crippen molar-refractivity contribution in [3.8, 4) is 22.6 Å². The molecule has 4 nitrogen and oxygen atoms in total. The van der Waals surface area contributed by atoms with Crippen molar-refractivity contribution in [3.05, 3.63) is 95.6 Å². The number of fused-ring (bicyclic) bond motifs is 1. The number of oxazole rings is 1. The van der Waals surface area contributed by atoms with E-state index in [0.717, 1.165) is 25.0 Å². The SMILES string of the molecule is Cc1cccc(-c2cnc(C(=O)C3CCc4cc(-c5ccccc5)ccc4C3)o2)n1. The van der Waals surface area contributed by atoms with Crippen molar-refractivity contribution in [1.82, 2.24) is 9.97 Å². The molecule has 2 heterocycles. The van der Waals surface area contributed by atoms with Gasteiger partial charge in [0, 0.05) is 11.6 Å². The third kappa shape index (κ3) is 3.57. The molecular weight excluding hydrogens is 372 g/mol. The fourth-order valence-corrected chi connectivity index (χ4v) is 4.15. The highest BCUT2D eigenvalue weighted by atomic mass is 16.4. The summed E-state index contributed by atoms with van der Waals surface area (Å²) in [7, 11) is 0. The first kappa shape index (κ1) is 18.5. The number of ketones is 1. The highest BCUT2D eigenvalue weighted by Gasteiger charge is 2.29. The van der Waals surface area contributed by atoms with Gasteiger partial charge in [-0.1, -0.05) is 54.6 Å². The lowest BCUT2D eigenvalue weighted by atomic mass is 9.80. The Bertz CT molecular complexity index is 1210. The number of hydrogen-bond donors (Lipinski definition) is 0. The largest absolute Gasteiger partial charge is 0.432 e. The van der Waals surface area contributed by atoms with E-state index in [1.54, 1.807) is 6.20 Å². The summed E-state index contributed by atoms with van der Waals surface area (Å²) in [4.78, 5) is 21.7. The van der Waals surface area contributed by atoms with Crippen molar-refractivity contribution in [3.63, 3.8) is 0 Å². The Hall–Kier alpha value is -3.53. The molecule has 4 heteroatoms. The van der Waals surface area contributed by atoms with Crippen molar-refractivity contribution in [2.45, 2.75) is 26.2 Å². The van der Waals surface area contributed by atoms with Gasteiger partial charge in [0.05, 0.1) is 6.20 Å². The van der Waals surface area contributed by atoms with E-state index < -0.39 is 0 Å². The molecule has 5 rings (SSSR count). The van der Waals surface area contributed by atoms with E-state index >= 15 is 0 Å². The van der Waals surface area contributed by atoms with Gasteiger partial charge in [0.15, 0.2) is 5.76 Å². The number of hydrogen-bond acceptors (Lipinski definition) is 4. The predicted octanol–water partition coefficient (Wildman–Crippen LogP) is 5.70. The number of aryl methyl sites for hydroxylation is 2.